The Morgan fingerprint density at radius 2 is 1.86 bits per heavy atom. The van der Waals surface area contributed by atoms with E-state index in [4.69, 9.17) is 0 Å². The maximum Gasteiger partial charge on any atom is 0.228 e. The molecule has 3 aromatic heterocycles. The van der Waals surface area contributed by atoms with Crippen molar-refractivity contribution in [3.05, 3.63) is 90.5 Å². The van der Waals surface area contributed by atoms with Gasteiger partial charge in [0.05, 0.1) is 30.7 Å². The van der Waals surface area contributed by atoms with Gasteiger partial charge in [0.15, 0.2) is 0 Å². The lowest BCUT2D eigenvalue weighted by molar-refractivity contribution is -0.131. The Hall–Kier alpha value is -3.54. The molecule has 6 heteroatoms. The van der Waals surface area contributed by atoms with Crippen molar-refractivity contribution in [3.63, 3.8) is 0 Å². The fraction of sp³-hybridized carbons (Fsp3) is 0.182. The first kappa shape index (κ1) is 17.9. The number of H-pyrrole nitrogens is 1. The highest BCUT2D eigenvalue weighted by Gasteiger charge is 2.22. The maximum atomic E-state index is 12.2. The van der Waals surface area contributed by atoms with Crippen molar-refractivity contribution in [2.45, 2.75) is 19.4 Å². The molecule has 0 saturated heterocycles. The van der Waals surface area contributed by atoms with Gasteiger partial charge < -0.3 is 9.88 Å². The molecule has 0 saturated carbocycles. The molecule has 4 aromatic rings. The number of aromatic nitrogens is 4. The number of imidazole rings is 1. The van der Waals surface area contributed by atoms with Crippen LogP contribution in [0.4, 0.5) is 0 Å². The summed E-state index contributed by atoms with van der Waals surface area (Å²) in [5.41, 5.74) is 2.95. The van der Waals surface area contributed by atoms with E-state index in [2.05, 4.69) is 32.1 Å². The molecule has 0 fully saturated rings. The number of nitrogens with one attached hydrogen (secondary N) is 1. The number of pyridine rings is 2. The third kappa shape index (κ3) is 4.23. The molecular formula is C22H21N5O. The highest BCUT2D eigenvalue weighted by Crippen LogP contribution is 2.15. The lowest BCUT2D eigenvalue weighted by atomic mass is 10.1. The monoisotopic (exact) mass is 371 g/mol. The van der Waals surface area contributed by atoms with Gasteiger partial charge in [-0.25, -0.2) is 4.98 Å². The summed E-state index contributed by atoms with van der Waals surface area (Å²) >= 11 is 0. The number of hydrogen-bond donors (Lipinski definition) is 1. The summed E-state index contributed by atoms with van der Waals surface area (Å²) in [6.07, 6.45) is 8.28. The number of carbonyl (C=O) groups is 1. The molecule has 6 nitrogen and oxygen atoms in total. The van der Waals surface area contributed by atoms with Crippen LogP contribution in [0.1, 0.15) is 17.1 Å². The van der Waals surface area contributed by atoms with E-state index in [1.165, 1.54) is 10.8 Å². The van der Waals surface area contributed by atoms with Gasteiger partial charge in [0.25, 0.3) is 0 Å². The highest BCUT2D eigenvalue weighted by molar-refractivity contribution is 5.81. The lowest BCUT2D eigenvalue weighted by Gasteiger charge is -2.26. The van der Waals surface area contributed by atoms with E-state index in [0.29, 0.717) is 13.0 Å². The maximum absolute atomic E-state index is 12.2. The van der Waals surface area contributed by atoms with Crippen molar-refractivity contribution in [2.24, 2.45) is 0 Å². The van der Waals surface area contributed by atoms with Crippen molar-refractivity contribution in [2.75, 3.05) is 6.54 Å². The third-order valence-electron chi connectivity index (χ3n) is 4.74. The van der Waals surface area contributed by atoms with Gasteiger partial charge in [-0.05, 0) is 29.0 Å². The van der Waals surface area contributed by atoms with Gasteiger partial charge in [-0.1, -0.05) is 30.3 Å². The molecule has 1 aliphatic heterocycles. The predicted molar refractivity (Wildman–Crippen MR) is 107 cm³/mol. The van der Waals surface area contributed by atoms with Crippen LogP contribution < -0.4 is 0 Å². The minimum Gasteiger partial charge on any atom is -0.347 e. The van der Waals surface area contributed by atoms with Crippen LogP contribution in [-0.4, -0.2) is 37.3 Å². The van der Waals surface area contributed by atoms with Gasteiger partial charge in [0.1, 0.15) is 0 Å². The SMILES string of the molecule is O=C(Cc1ccccn1)N1CCc2nc[nH]c2C1.c1ccc2cnccc2c1. The molecule has 0 unspecified atom stereocenters. The van der Waals surface area contributed by atoms with Gasteiger partial charge in [-0.2, -0.15) is 0 Å². The Morgan fingerprint density at radius 3 is 2.68 bits per heavy atom. The topological polar surface area (TPSA) is 74.8 Å². The number of hydrogen-bond acceptors (Lipinski definition) is 4. The van der Waals surface area contributed by atoms with E-state index in [9.17, 15) is 4.79 Å². The Kier molecular flexibility index (Phi) is 5.38. The molecule has 0 bridgehead atoms. The Bertz CT molecular complexity index is 995. The molecule has 0 radical (unpaired) electrons. The number of aromatic amines is 1. The quantitative estimate of drug-likeness (QED) is 0.587. The third-order valence-corrected chi connectivity index (χ3v) is 4.74. The summed E-state index contributed by atoms with van der Waals surface area (Å²) in [5, 5.41) is 2.45. The van der Waals surface area contributed by atoms with Crippen LogP contribution in [0.15, 0.2) is 73.4 Å². The van der Waals surface area contributed by atoms with E-state index in [0.717, 1.165) is 30.0 Å². The van der Waals surface area contributed by atoms with E-state index in [1.54, 1.807) is 12.5 Å². The minimum atomic E-state index is 0.119. The zero-order chi connectivity index (χ0) is 19.2. The van der Waals surface area contributed by atoms with Crippen LogP contribution in [0.2, 0.25) is 0 Å². The van der Waals surface area contributed by atoms with Crippen LogP contribution in [0.5, 0.6) is 0 Å². The summed E-state index contributed by atoms with van der Waals surface area (Å²) in [4.78, 5) is 29.5. The second-order valence-corrected chi connectivity index (χ2v) is 6.61. The molecular weight excluding hydrogens is 350 g/mol. The lowest BCUT2D eigenvalue weighted by Crippen LogP contribution is -2.37. The van der Waals surface area contributed by atoms with Crippen LogP contribution in [-0.2, 0) is 24.2 Å². The Labute approximate surface area is 163 Å². The number of rotatable bonds is 2. The predicted octanol–water partition coefficient (Wildman–Crippen LogP) is 3.17. The first-order valence-electron chi connectivity index (χ1n) is 9.27. The number of fused-ring (bicyclic) bond motifs is 2. The van der Waals surface area contributed by atoms with Crippen molar-refractivity contribution < 1.29 is 4.79 Å². The summed E-state index contributed by atoms with van der Waals surface area (Å²) < 4.78 is 0. The molecule has 140 valence electrons. The van der Waals surface area contributed by atoms with Gasteiger partial charge in [-0.15, -0.1) is 0 Å². The normalized spacial score (nSPS) is 12.8. The summed E-state index contributed by atoms with van der Waals surface area (Å²) in [6.45, 7) is 1.37. The van der Waals surface area contributed by atoms with Crippen molar-refractivity contribution in [3.8, 4) is 0 Å². The second-order valence-electron chi connectivity index (χ2n) is 6.61. The molecule has 4 heterocycles. The zero-order valence-electron chi connectivity index (χ0n) is 15.5. The number of nitrogens with zero attached hydrogens (tertiary/aromatic N) is 4. The van der Waals surface area contributed by atoms with Crippen molar-refractivity contribution in [1.29, 1.82) is 0 Å². The average molecular weight is 371 g/mol. The van der Waals surface area contributed by atoms with Crippen LogP contribution >= 0.6 is 0 Å². The van der Waals surface area contributed by atoms with Crippen LogP contribution in [0, 0.1) is 0 Å². The van der Waals surface area contributed by atoms with E-state index in [1.807, 2.05) is 53.7 Å². The molecule has 0 aliphatic carbocycles. The number of carbonyl (C=O) groups excluding carboxylic acids is 1. The average Bonchev–Trinajstić information content (AvgIpc) is 3.23. The molecule has 1 amide bonds. The number of amides is 1. The van der Waals surface area contributed by atoms with Crippen molar-refractivity contribution >= 4 is 16.7 Å². The van der Waals surface area contributed by atoms with Crippen molar-refractivity contribution in [1.82, 2.24) is 24.8 Å². The van der Waals surface area contributed by atoms with E-state index >= 15 is 0 Å². The molecule has 28 heavy (non-hydrogen) atoms. The van der Waals surface area contributed by atoms with Gasteiger partial charge in [0.2, 0.25) is 5.91 Å². The summed E-state index contributed by atoms with van der Waals surface area (Å²) in [7, 11) is 0. The Balaban J connectivity index is 0.000000162. The van der Waals surface area contributed by atoms with Gasteiger partial charge in [0, 0.05) is 37.3 Å². The molecule has 0 atom stereocenters. The molecule has 5 rings (SSSR count). The first-order chi connectivity index (χ1) is 13.8. The summed E-state index contributed by atoms with van der Waals surface area (Å²) in [6, 6.07) is 15.8. The molecule has 1 N–H and O–H groups in total. The summed E-state index contributed by atoms with van der Waals surface area (Å²) in [5.74, 6) is 0.119. The zero-order valence-corrected chi connectivity index (χ0v) is 15.5. The van der Waals surface area contributed by atoms with Gasteiger partial charge in [-0.3, -0.25) is 14.8 Å². The fourth-order valence-electron chi connectivity index (χ4n) is 3.22. The smallest absolute Gasteiger partial charge is 0.228 e. The van der Waals surface area contributed by atoms with Crippen LogP contribution in [0.3, 0.4) is 0 Å². The minimum absolute atomic E-state index is 0.119. The molecule has 1 aromatic carbocycles. The molecule has 1 aliphatic rings. The first-order valence-corrected chi connectivity index (χ1v) is 9.27. The van der Waals surface area contributed by atoms with Gasteiger partial charge >= 0.3 is 0 Å². The highest BCUT2D eigenvalue weighted by atomic mass is 16.2. The van der Waals surface area contributed by atoms with E-state index < -0.39 is 0 Å². The van der Waals surface area contributed by atoms with Crippen LogP contribution in [0.25, 0.3) is 10.8 Å². The fourth-order valence-corrected chi connectivity index (χ4v) is 3.22. The Morgan fingerprint density at radius 1 is 1.00 bits per heavy atom. The largest absolute Gasteiger partial charge is 0.347 e. The molecule has 0 spiro atoms. The second kappa shape index (κ2) is 8.43. The standard InChI is InChI=1S/C13H14N4O.C9H7N/c18-13(7-10-3-1-2-5-14-10)17-6-4-11-12(8-17)16-9-15-11;1-2-4-9-7-10-6-5-8(9)3-1/h1-3,5,9H,4,6-8H2,(H,15,16);1-7H. The number of benzene rings is 1. The van der Waals surface area contributed by atoms with E-state index in [-0.39, 0.29) is 5.91 Å².